The Bertz CT molecular complexity index is 1000. The molecule has 3 aromatic rings. The Morgan fingerprint density at radius 2 is 1.54 bits per heavy atom. The van der Waals surface area contributed by atoms with Gasteiger partial charge in [-0.25, -0.2) is 13.1 Å². The number of carbonyl (C=O) groups excluding carboxylic acids is 1. The zero-order valence-corrected chi connectivity index (χ0v) is 15.0. The van der Waals surface area contributed by atoms with E-state index in [2.05, 4.69) is 10.0 Å². The maximum Gasteiger partial charge on any atom is 0.240 e. The summed E-state index contributed by atoms with van der Waals surface area (Å²) >= 11 is 0. The number of rotatable bonds is 7. The molecule has 0 aliphatic heterocycles. The lowest BCUT2D eigenvalue weighted by molar-refractivity contribution is -0.121. The monoisotopic (exact) mass is 368 g/mol. The van der Waals surface area contributed by atoms with Crippen LogP contribution in [0.4, 0.5) is 0 Å². The number of sulfonamides is 1. The number of benzene rings is 3. The van der Waals surface area contributed by atoms with Gasteiger partial charge < -0.3 is 5.32 Å². The fourth-order valence-corrected chi connectivity index (χ4v) is 3.67. The molecule has 0 spiro atoms. The summed E-state index contributed by atoms with van der Waals surface area (Å²) in [6.45, 7) is 0.479. The lowest BCUT2D eigenvalue weighted by Gasteiger charge is -2.08. The summed E-state index contributed by atoms with van der Waals surface area (Å²) in [5, 5.41) is 4.61. The second kappa shape index (κ2) is 8.12. The van der Waals surface area contributed by atoms with Gasteiger partial charge in [-0.15, -0.1) is 0 Å². The van der Waals surface area contributed by atoms with Gasteiger partial charge in [0.1, 0.15) is 0 Å². The fraction of sp³-hybridized carbons (Fsp3) is 0.150. The molecule has 0 bridgehead atoms. The van der Waals surface area contributed by atoms with E-state index < -0.39 is 10.0 Å². The van der Waals surface area contributed by atoms with E-state index in [1.54, 1.807) is 18.2 Å². The summed E-state index contributed by atoms with van der Waals surface area (Å²) < 4.78 is 27.3. The molecule has 0 unspecified atom stereocenters. The minimum atomic E-state index is -3.64. The number of hydrogen-bond donors (Lipinski definition) is 2. The summed E-state index contributed by atoms with van der Waals surface area (Å²) in [6.07, 6.45) is 0.0830. The van der Waals surface area contributed by atoms with Crippen LogP contribution < -0.4 is 10.0 Å². The van der Waals surface area contributed by atoms with Gasteiger partial charge in [0.25, 0.3) is 0 Å². The van der Waals surface area contributed by atoms with E-state index in [4.69, 9.17) is 0 Å². The van der Waals surface area contributed by atoms with Crippen LogP contribution >= 0.6 is 0 Å². The highest BCUT2D eigenvalue weighted by molar-refractivity contribution is 7.89. The van der Waals surface area contributed by atoms with Gasteiger partial charge in [0.05, 0.1) is 4.90 Å². The quantitative estimate of drug-likeness (QED) is 0.673. The van der Waals surface area contributed by atoms with Crippen LogP contribution in [0.1, 0.15) is 12.0 Å². The first-order chi connectivity index (χ1) is 12.5. The van der Waals surface area contributed by atoms with Gasteiger partial charge in [-0.1, -0.05) is 60.7 Å². The molecule has 0 aliphatic carbocycles. The Kier molecular flexibility index (Phi) is 5.65. The Balaban J connectivity index is 1.53. The van der Waals surface area contributed by atoms with Crippen molar-refractivity contribution in [3.8, 4) is 0 Å². The van der Waals surface area contributed by atoms with Crippen molar-refractivity contribution in [1.82, 2.24) is 10.0 Å². The molecular formula is C20H20N2O3S. The fourth-order valence-electron chi connectivity index (χ4n) is 2.60. The SMILES string of the molecule is O=C(CCNS(=O)(=O)c1ccc2ccccc2c1)NCc1ccccc1. The Hall–Kier alpha value is -2.70. The van der Waals surface area contributed by atoms with Crippen LogP contribution in [0.25, 0.3) is 10.8 Å². The van der Waals surface area contributed by atoms with Crippen LogP contribution in [0.5, 0.6) is 0 Å². The lowest BCUT2D eigenvalue weighted by atomic mass is 10.1. The van der Waals surface area contributed by atoms with Crippen molar-refractivity contribution in [2.75, 3.05) is 6.54 Å². The molecule has 0 fully saturated rings. The van der Waals surface area contributed by atoms with E-state index in [0.717, 1.165) is 16.3 Å². The zero-order chi connectivity index (χ0) is 18.4. The van der Waals surface area contributed by atoms with Crippen molar-refractivity contribution in [2.24, 2.45) is 0 Å². The maximum atomic E-state index is 12.4. The Morgan fingerprint density at radius 1 is 0.846 bits per heavy atom. The van der Waals surface area contributed by atoms with Gasteiger partial charge in [-0.05, 0) is 28.5 Å². The van der Waals surface area contributed by atoms with Crippen LogP contribution in [0.15, 0.2) is 77.7 Å². The van der Waals surface area contributed by atoms with Gasteiger partial charge in [0.2, 0.25) is 15.9 Å². The highest BCUT2D eigenvalue weighted by Crippen LogP contribution is 2.18. The normalized spacial score (nSPS) is 11.4. The Labute approximate surface area is 153 Å². The smallest absolute Gasteiger partial charge is 0.240 e. The third-order valence-corrected chi connectivity index (χ3v) is 5.47. The molecule has 0 atom stereocenters. The molecule has 6 heteroatoms. The van der Waals surface area contributed by atoms with E-state index in [1.165, 1.54) is 0 Å². The van der Waals surface area contributed by atoms with Crippen LogP contribution in [0.2, 0.25) is 0 Å². The van der Waals surface area contributed by atoms with Crippen molar-refractivity contribution in [3.05, 3.63) is 78.4 Å². The molecule has 0 aromatic heterocycles. The molecule has 26 heavy (non-hydrogen) atoms. The average Bonchev–Trinajstić information content (AvgIpc) is 2.66. The number of hydrogen-bond acceptors (Lipinski definition) is 3. The molecule has 3 aromatic carbocycles. The molecule has 0 aliphatic rings. The topological polar surface area (TPSA) is 75.3 Å². The largest absolute Gasteiger partial charge is 0.352 e. The molecule has 0 saturated carbocycles. The molecule has 0 heterocycles. The maximum absolute atomic E-state index is 12.4. The molecular weight excluding hydrogens is 348 g/mol. The molecule has 2 N–H and O–H groups in total. The molecule has 0 radical (unpaired) electrons. The number of fused-ring (bicyclic) bond motifs is 1. The van der Waals surface area contributed by atoms with E-state index in [-0.39, 0.29) is 23.8 Å². The summed E-state index contributed by atoms with van der Waals surface area (Å²) in [4.78, 5) is 12.1. The summed E-state index contributed by atoms with van der Waals surface area (Å²) in [5.74, 6) is -0.199. The molecule has 3 rings (SSSR count). The van der Waals surface area contributed by atoms with Crippen LogP contribution in [-0.2, 0) is 21.4 Å². The minimum absolute atomic E-state index is 0.0514. The number of nitrogens with one attached hydrogen (secondary N) is 2. The average molecular weight is 368 g/mol. The molecule has 134 valence electrons. The minimum Gasteiger partial charge on any atom is -0.352 e. The van der Waals surface area contributed by atoms with E-state index in [9.17, 15) is 13.2 Å². The van der Waals surface area contributed by atoms with Crippen LogP contribution in [0.3, 0.4) is 0 Å². The van der Waals surface area contributed by atoms with E-state index >= 15 is 0 Å². The van der Waals surface area contributed by atoms with Gasteiger partial charge in [0, 0.05) is 19.5 Å². The van der Waals surface area contributed by atoms with Gasteiger partial charge >= 0.3 is 0 Å². The predicted octanol–water partition coefficient (Wildman–Crippen LogP) is 2.82. The van der Waals surface area contributed by atoms with Gasteiger partial charge in [-0.3, -0.25) is 4.79 Å². The second-order valence-corrected chi connectivity index (χ2v) is 7.69. The van der Waals surface area contributed by atoms with Crippen molar-refractivity contribution < 1.29 is 13.2 Å². The third kappa shape index (κ3) is 4.68. The zero-order valence-electron chi connectivity index (χ0n) is 14.2. The highest BCUT2D eigenvalue weighted by Gasteiger charge is 2.14. The summed E-state index contributed by atoms with van der Waals surface area (Å²) in [7, 11) is -3.64. The number of carbonyl (C=O) groups is 1. The van der Waals surface area contributed by atoms with Crippen LogP contribution in [0, 0.1) is 0 Å². The van der Waals surface area contributed by atoms with Crippen LogP contribution in [-0.4, -0.2) is 20.9 Å². The van der Waals surface area contributed by atoms with Crippen molar-refractivity contribution in [2.45, 2.75) is 17.9 Å². The van der Waals surface area contributed by atoms with Crippen molar-refractivity contribution in [3.63, 3.8) is 0 Å². The molecule has 5 nitrogen and oxygen atoms in total. The third-order valence-electron chi connectivity index (χ3n) is 4.01. The summed E-state index contributed by atoms with van der Waals surface area (Å²) in [5.41, 5.74) is 0.998. The first-order valence-corrected chi connectivity index (χ1v) is 9.82. The summed E-state index contributed by atoms with van der Waals surface area (Å²) in [6, 6.07) is 22.1. The Morgan fingerprint density at radius 3 is 2.31 bits per heavy atom. The predicted molar refractivity (Wildman–Crippen MR) is 102 cm³/mol. The molecule has 0 saturated heterocycles. The van der Waals surface area contributed by atoms with Crippen molar-refractivity contribution in [1.29, 1.82) is 0 Å². The van der Waals surface area contributed by atoms with Crippen molar-refractivity contribution >= 4 is 26.7 Å². The number of amides is 1. The van der Waals surface area contributed by atoms with E-state index in [1.807, 2.05) is 54.6 Å². The van der Waals surface area contributed by atoms with Gasteiger partial charge in [0.15, 0.2) is 0 Å². The lowest BCUT2D eigenvalue weighted by Crippen LogP contribution is -2.30. The second-order valence-electron chi connectivity index (χ2n) is 5.92. The standard InChI is InChI=1S/C20H20N2O3S/c23-20(21-15-16-6-2-1-3-7-16)12-13-22-26(24,25)19-11-10-17-8-4-5-9-18(17)14-19/h1-11,14,22H,12-13,15H2,(H,21,23). The molecule has 1 amide bonds. The van der Waals surface area contributed by atoms with Gasteiger partial charge in [-0.2, -0.15) is 0 Å². The highest BCUT2D eigenvalue weighted by atomic mass is 32.2. The first-order valence-electron chi connectivity index (χ1n) is 8.34. The van der Waals surface area contributed by atoms with E-state index in [0.29, 0.717) is 6.54 Å². The first kappa shape index (κ1) is 18.1.